The van der Waals surface area contributed by atoms with Crippen LogP contribution in [0.4, 0.5) is 5.82 Å². The molecule has 1 N–H and O–H groups in total. The molecule has 1 fully saturated rings. The van der Waals surface area contributed by atoms with E-state index in [9.17, 15) is 4.79 Å². The summed E-state index contributed by atoms with van der Waals surface area (Å²) in [6.07, 6.45) is 6.96. The second-order valence-corrected chi connectivity index (χ2v) is 5.88. The molecule has 0 spiro atoms. The molecule has 24 heavy (non-hydrogen) atoms. The zero-order valence-electron chi connectivity index (χ0n) is 13.8. The van der Waals surface area contributed by atoms with E-state index in [0.717, 1.165) is 36.5 Å². The molecule has 1 aromatic carbocycles. The van der Waals surface area contributed by atoms with Crippen molar-refractivity contribution in [1.82, 2.24) is 15.3 Å². The minimum atomic E-state index is -0.0320. The van der Waals surface area contributed by atoms with Gasteiger partial charge in [-0.25, -0.2) is 4.98 Å². The fourth-order valence-electron chi connectivity index (χ4n) is 3.03. The summed E-state index contributed by atoms with van der Waals surface area (Å²) in [6, 6.07) is 7.73. The molecule has 2 aromatic rings. The Hall–Kier alpha value is -2.63. The van der Waals surface area contributed by atoms with Crippen LogP contribution in [-0.4, -0.2) is 36.1 Å². The van der Waals surface area contributed by atoms with Crippen molar-refractivity contribution in [3.63, 3.8) is 0 Å². The van der Waals surface area contributed by atoms with Gasteiger partial charge in [-0.1, -0.05) is 18.2 Å². The summed E-state index contributed by atoms with van der Waals surface area (Å²) in [5, 5.41) is 3.03. The number of anilines is 1. The number of hydrogen-bond acceptors (Lipinski definition) is 5. The molecule has 1 amide bonds. The molecular formula is C18H22N4O2. The fraction of sp³-hybridized carbons (Fsp3) is 0.389. The number of hydrogen-bond donors (Lipinski definition) is 1. The van der Waals surface area contributed by atoms with Crippen LogP contribution < -0.4 is 15.0 Å². The molecule has 1 aliphatic rings. The summed E-state index contributed by atoms with van der Waals surface area (Å²) in [7, 11) is 1.64. The van der Waals surface area contributed by atoms with E-state index < -0.39 is 0 Å². The number of carbonyl (C=O) groups excluding carboxylic acids is 1. The minimum Gasteiger partial charge on any atom is -0.496 e. The average molecular weight is 326 g/mol. The lowest BCUT2D eigenvalue weighted by Gasteiger charge is -2.32. The highest BCUT2D eigenvalue weighted by molar-refractivity contribution is 5.79. The predicted octanol–water partition coefficient (Wildman–Crippen LogP) is 2.02. The second-order valence-electron chi connectivity index (χ2n) is 5.88. The largest absolute Gasteiger partial charge is 0.496 e. The molecule has 0 radical (unpaired) electrons. The highest BCUT2D eigenvalue weighted by atomic mass is 16.5. The van der Waals surface area contributed by atoms with Crippen LogP contribution >= 0.6 is 0 Å². The van der Waals surface area contributed by atoms with Crippen molar-refractivity contribution >= 4 is 11.7 Å². The van der Waals surface area contributed by atoms with Gasteiger partial charge in [0, 0.05) is 37.6 Å². The van der Waals surface area contributed by atoms with E-state index in [4.69, 9.17) is 4.74 Å². The molecule has 6 heteroatoms. The molecule has 1 aromatic heterocycles. The minimum absolute atomic E-state index is 0.0320. The van der Waals surface area contributed by atoms with Gasteiger partial charge >= 0.3 is 0 Å². The van der Waals surface area contributed by atoms with E-state index >= 15 is 0 Å². The van der Waals surface area contributed by atoms with Crippen molar-refractivity contribution in [2.24, 2.45) is 5.92 Å². The summed E-state index contributed by atoms with van der Waals surface area (Å²) < 4.78 is 5.32. The number of methoxy groups -OCH3 is 1. The predicted molar refractivity (Wildman–Crippen MR) is 91.8 cm³/mol. The van der Waals surface area contributed by atoms with E-state index in [-0.39, 0.29) is 11.8 Å². The molecular weight excluding hydrogens is 304 g/mol. The van der Waals surface area contributed by atoms with Crippen molar-refractivity contribution in [3.8, 4) is 5.75 Å². The Labute approximate surface area is 141 Å². The quantitative estimate of drug-likeness (QED) is 0.910. The maximum absolute atomic E-state index is 12.5. The molecule has 0 unspecified atom stereocenters. The van der Waals surface area contributed by atoms with Crippen molar-refractivity contribution < 1.29 is 9.53 Å². The highest BCUT2D eigenvalue weighted by Crippen LogP contribution is 2.22. The van der Waals surface area contributed by atoms with Crippen molar-refractivity contribution in [3.05, 3.63) is 48.4 Å². The van der Waals surface area contributed by atoms with E-state index in [1.165, 1.54) is 0 Å². The smallest absolute Gasteiger partial charge is 0.225 e. The van der Waals surface area contributed by atoms with Crippen LogP contribution in [0.1, 0.15) is 18.4 Å². The molecule has 3 rings (SSSR count). The Bertz CT molecular complexity index is 678. The number of rotatable bonds is 5. The first-order valence-corrected chi connectivity index (χ1v) is 8.18. The monoisotopic (exact) mass is 326 g/mol. The summed E-state index contributed by atoms with van der Waals surface area (Å²) in [5.41, 5.74) is 0.981. The molecule has 2 heterocycles. The van der Waals surface area contributed by atoms with Crippen LogP contribution in [-0.2, 0) is 11.3 Å². The molecule has 6 nitrogen and oxygen atoms in total. The third kappa shape index (κ3) is 3.82. The Morgan fingerprint density at radius 1 is 1.38 bits per heavy atom. The molecule has 0 aliphatic carbocycles. The van der Waals surface area contributed by atoms with Crippen molar-refractivity contribution in [2.75, 3.05) is 25.1 Å². The van der Waals surface area contributed by atoms with E-state index in [0.29, 0.717) is 13.1 Å². The number of nitrogens with zero attached hydrogens (tertiary/aromatic N) is 3. The highest BCUT2D eigenvalue weighted by Gasteiger charge is 2.26. The lowest BCUT2D eigenvalue weighted by molar-refractivity contribution is -0.125. The van der Waals surface area contributed by atoms with Crippen LogP contribution in [0.15, 0.2) is 42.9 Å². The van der Waals surface area contributed by atoms with Gasteiger partial charge in [-0.3, -0.25) is 9.78 Å². The summed E-state index contributed by atoms with van der Waals surface area (Å²) in [6.45, 7) is 2.07. The van der Waals surface area contributed by atoms with E-state index in [1.807, 2.05) is 24.3 Å². The van der Waals surface area contributed by atoms with Gasteiger partial charge in [0.1, 0.15) is 11.6 Å². The number of carbonyl (C=O) groups is 1. The number of amides is 1. The maximum Gasteiger partial charge on any atom is 0.225 e. The topological polar surface area (TPSA) is 67.3 Å². The normalized spacial score (nSPS) is 17.4. The first-order chi connectivity index (χ1) is 11.8. The van der Waals surface area contributed by atoms with Gasteiger partial charge in [0.2, 0.25) is 5.91 Å². The van der Waals surface area contributed by atoms with Crippen LogP contribution in [0.3, 0.4) is 0 Å². The molecule has 0 bridgehead atoms. The second kappa shape index (κ2) is 7.77. The number of aromatic nitrogens is 2. The zero-order valence-corrected chi connectivity index (χ0v) is 13.8. The Morgan fingerprint density at radius 3 is 3.04 bits per heavy atom. The third-order valence-electron chi connectivity index (χ3n) is 4.31. The van der Waals surface area contributed by atoms with Gasteiger partial charge in [0.15, 0.2) is 0 Å². The Kier molecular flexibility index (Phi) is 5.25. The Morgan fingerprint density at radius 2 is 2.25 bits per heavy atom. The van der Waals surface area contributed by atoms with Crippen molar-refractivity contribution in [2.45, 2.75) is 19.4 Å². The van der Waals surface area contributed by atoms with Crippen LogP contribution in [0.25, 0.3) is 0 Å². The van der Waals surface area contributed by atoms with Crippen LogP contribution in [0.2, 0.25) is 0 Å². The third-order valence-corrected chi connectivity index (χ3v) is 4.31. The lowest BCUT2D eigenvalue weighted by atomic mass is 9.97. The first-order valence-electron chi connectivity index (χ1n) is 8.18. The molecule has 1 aliphatic heterocycles. The molecule has 1 saturated heterocycles. The van der Waals surface area contributed by atoms with Crippen LogP contribution in [0.5, 0.6) is 5.75 Å². The van der Waals surface area contributed by atoms with Gasteiger partial charge < -0.3 is 15.0 Å². The van der Waals surface area contributed by atoms with Gasteiger partial charge in [0.25, 0.3) is 0 Å². The number of benzene rings is 1. The number of nitrogens with one attached hydrogen (secondary N) is 1. The molecule has 0 saturated carbocycles. The van der Waals surface area contributed by atoms with Gasteiger partial charge in [-0.15, -0.1) is 0 Å². The summed E-state index contributed by atoms with van der Waals surface area (Å²) in [4.78, 5) is 23.1. The van der Waals surface area contributed by atoms with Crippen LogP contribution in [0, 0.1) is 5.92 Å². The maximum atomic E-state index is 12.5. The standard InChI is InChI=1S/C18H22N4O2/c1-24-16-7-3-2-5-14(16)11-21-18(23)15-6-4-10-22(13-15)17-12-19-8-9-20-17/h2-3,5,7-9,12,15H,4,6,10-11,13H2,1H3,(H,21,23)/t15-/m0/s1. The fourth-order valence-corrected chi connectivity index (χ4v) is 3.03. The van der Waals surface area contributed by atoms with Gasteiger partial charge in [-0.2, -0.15) is 0 Å². The van der Waals surface area contributed by atoms with Gasteiger partial charge in [0.05, 0.1) is 19.2 Å². The van der Waals surface area contributed by atoms with E-state index in [1.54, 1.807) is 25.7 Å². The van der Waals surface area contributed by atoms with Gasteiger partial charge in [-0.05, 0) is 18.9 Å². The Balaban J connectivity index is 1.58. The number of piperidine rings is 1. The first kappa shape index (κ1) is 16.2. The van der Waals surface area contributed by atoms with E-state index in [2.05, 4.69) is 20.2 Å². The lowest BCUT2D eigenvalue weighted by Crippen LogP contribution is -2.43. The molecule has 126 valence electrons. The summed E-state index contributed by atoms with van der Waals surface area (Å²) in [5.74, 6) is 1.67. The van der Waals surface area contributed by atoms with Crippen molar-refractivity contribution in [1.29, 1.82) is 0 Å². The molecule has 1 atom stereocenters. The average Bonchev–Trinajstić information content (AvgIpc) is 2.67. The zero-order chi connectivity index (χ0) is 16.8. The SMILES string of the molecule is COc1ccccc1CNC(=O)[C@H]1CCCN(c2cnccn2)C1. The number of para-hydroxylation sites is 1. The summed E-state index contributed by atoms with van der Waals surface area (Å²) >= 11 is 0. The number of ether oxygens (including phenoxy) is 1.